The summed E-state index contributed by atoms with van der Waals surface area (Å²) in [6.07, 6.45) is 0. The molecule has 0 aromatic heterocycles. The highest BCUT2D eigenvalue weighted by atomic mass is 16.5. The van der Waals surface area contributed by atoms with Gasteiger partial charge in [0, 0.05) is 5.56 Å². The fourth-order valence-corrected chi connectivity index (χ4v) is 2.48. The van der Waals surface area contributed by atoms with Crippen LogP contribution in [0.3, 0.4) is 0 Å². The van der Waals surface area contributed by atoms with Crippen molar-refractivity contribution in [1.82, 2.24) is 0 Å². The Labute approximate surface area is 119 Å². The molecule has 1 aliphatic heterocycles. The monoisotopic (exact) mass is 276 g/mol. The van der Waals surface area contributed by atoms with Crippen LogP contribution in [0, 0.1) is 12.8 Å². The average Bonchev–Trinajstić information content (AvgIpc) is 2.45. The summed E-state index contributed by atoms with van der Waals surface area (Å²) < 4.78 is 10.7. The molecule has 108 valence electrons. The summed E-state index contributed by atoms with van der Waals surface area (Å²) in [5.74, 6) is -0.668. The number of carbonyl (C=O) groups is 1. The maximum Gasteiger partial charge on any atom is 0.316 e. The van der Waals surface area contributed by atoms with E-state index in [4.69, 9.17) is 9.47 Å². The zero-order chi connectivity index (χ0) is 14.9. The number of ether oxygens (including phenoxy) is 2. The molecule has 2 atom stereocenters. The van der Waals surface area contributed by atoms with Gasteiger partial charge in [-0.15, -0.1) is 0 Å². The Morgan fingerprint density at radius 2 is 2.30 bits per heavy atom. The molecule has 0 saturated heterocycles. The molecule has 0 aliphatic carbocycles. The van der Waals surface area contributed by atoms with Gasteiger partial charge in [0.1, 0.15) is 23.9 Å². The first-order valence-electron chi connectivity index (χ1n) is 6.68. The van der Waals surface area contributed by atoms with Crippen molar-refractivity contribution in [3.63, 3.8) is 0 Å². The second kappa shape index (κ2) is 5.29. The fraction of sp³-hybridized carbons (Fsp3) is 0.438. The molecule has 0 fully saturated rings. The Kier molecular flexibility index (Phi) is 3.86. The molecule has 2 unspecified atom stereocenters. The van der Waals surface area contributed by atoms with E-state index in [1.54, 1.807) is 13.8 Å². The van der Waals surface area contributed by atoms with E-state index < -0.39 is 17.5 Å². The highest BCUT2D eigenvalue weighted by Gasteiger charge is 2.44. The molecule has 4 nitrogen and oxygen atoms in total. The molecule has 1 aromatic carbocycles. The lowest BCUT2D eigenvalue weighted by molar-refractivity contribution is -0.154. The quantitative estimate of drug-likeness (QED) is 0.842. The smallest absolute Gasteiger partial charge is 0.316 e. The number of benzene rings is 1. The summed E-state index contributed by atoms with van der Waals surface area (Å²) in [5.41, 5.74) is 0.971. The minimum Gasteiger partial charge on any atom is -0.490 e. The summed E-state index contributed by atoms with van der Waals surface area (Å²) in [6.45, 7) is 9.54. The molecular weight excluding hydrogens is 256 g/mol. The first-order valence-corrected chi connectivity index (χ1v) is 6.68. The van der Waals surface area contributed by atoms with Gasteiger partial charge in [-0.05, 0) is 38.5 Å². The Hall–Kier alpha value is -1.81. The van der Waals surface area contributed by atoms with Crippen molar-refractivity contribution >= 4 is 11.5 Å². The van der Waals surface area contributed by atoms with Gasteiger partial charge in [0.15, 0.2) is 0 Å². The molecule has 0 spiro atoms. The lowest BCUT2D eigenvalue weighted by Crippen LogP contribution is -2.44. The summed E-state index contributed by atoms with van der Waals surface area (Å²) >= 11 is 0. The third-order valence-electron chi connectivity index (χ3n) is 3.49. The molecule has 0 bridgehead atoms. The predicted molar refractivity (Wildman–Crippen MR) is 76.5 cm³/mol. The molecule has 2 rings (SSSR count). The van der Waals surface area contributed by atoms with Crippen molar-refractivity contribution in [2.75, 3.05) is 13.2 Å². The molecule has 1 heterocycles. The van der Waals surface area contributed by atoms with Crippen LogP contribution in [0.4, 0.5) is 0 Å². The number of hydrogen-bond donors (Lipinski definition) is 1. The molecule has 1 aromatic rings. The predicted octanol–water partition coefficient (Wildman–Crippen LogP) is 2.33. The van der Waals surface area contributed by atoms with Crippen molar-refractivity contribution in [2.45, 2.75) is 26.4 Å². The Morgan fingerprint density at radius 1 is 1.60 bits per heavy atom. The Bertz CT molecular complexity index is 545. The molecule has 20 heavy (non-hydrogen) atoms. The SMILES string of the molecule is C=C1c2cc(C)ccc2OCC(C)(O)C1C(=O)OCC. The van der Waals surface area contributed by atoms with Gasteiger partial charge in [-0.2, -0.15) is 0 Å². The largest absolute Gasteiger partial charge is 0.490 e. The van der Waals surface area contributed by atoms with Gasteiger partial charge in [0.05, 0.1) is 6.61 Å². The van der Waals surface area contributed by atoms with Crippen LogP contribution in [0.2, 0.25) is 0 Å². The van der Waals surface area contributed by atoms with E-state index in [0.29, 0.717) is 11.3 Å². The van der Waals surface area contributed by atoms with Gasteiger partial charge in [-0.25, -0.2) is 0 Å². The maximum atomic E-state index is 12.2. The van der Waals surface area contributed by atoms with E-state index in [1.807, 2.05) is 25.1 Å². The normalized spacial score (nSPS) is 25.4. The van der Waals surface area contributed by atoms with Crippen LogP contribution in [0.25, 0.3) is 5.57 Å². The molecule has 0 saturated carbocycles. The Morgan fingerprint density at radius 3 is 2.95 bits per heavy atom. The van der Waals surface area contributed by atoms with E-state index in [2.05, 4.69) is 6.58 Å². The summed E-state index contributed by atoms with van der Waals surface area (Å²) in [6, 6.07) is 5.66. The third-order valence-corrected chi connectivity index (χ3v) is 3.49. The molecule has 1 N–H and O–H groups in total. The molecule has 0 radical (unpaired) electrons. The number of fused-ring (bicyclic) bond motifs is 1. The van der Waals surface area contributed by atoms with Gasteiger partial charge in [-0.3, -0.25) is 4.79 Å². The summed E-state index contributed by atoms with van der Waals surface area (Å²) in [4.78, 5) is 12.2. The van der Waals surface area contributed by atoms with Crippen molar-refractivity contribution in [3.8, 4) is 5.75 Å². The standard InChI is InChI=1S/C16H20O4/c1-5-19-15(17)14-11(3)12-8-10(2)6-7-13(12)20-9-16(14,4)18/h6-8,14,18H,3,5,9H2,1-2,4H3. The molecule has 0 amide bonds. The maximum absolute atomic E-state index is 12.2. The minimum atomic E-state index is -1.35. The topological polar surface area (TPSA) is 55.8 Å². The number of rotatable bonds is 2. The summed E-state index contributed by atoms with van der Waals surface area (Å²) in [7, 11) is 0. The highest BCUT2D eigenvalue weighted by molar-refractivity contribution is 5.91. The van der Waals surface area contributed by atoms with Crippen molar-refractivity contribution < 1.29 is 19.4 Å². The van der Waals surface area contributed by atoms with Crippen LogP contribution in [0.15, 0.2) is 24.8 Å². The lowest BCUT2D eigenvalue weighted by atomic mass is 9.81. The number of aryl methyl sites for hydroxylation is 1. The van der Waals surface area contributed by atoms with Gasteiger partial charge in [-0.1, -0.05) is 18.2 Å². The van der Waals surface area contributed by atoms with E-state index in [-0.39, 0.29) is 13.2 Å². The van der Waals surface area contributed by atoms with E-state index in [0.717, 1.165) is 11.1 Å². The van der Waals surface area contributed by atoms with Crippen molar-refractivity contribution in [3.05, 3.63) is 35.9 Å². The Balaban J connectivity index is 2.49. The number of esters is 1. The molecular formula is C16H20O4. The first-order chi connectivity index (χ1) is 9.36. The van der Waals surface area contributed by atoms with Crippen LogP contribution in [0.1, 0.15) is 25.0 Å². The second-order valence-corrected chi connectivity index (χ2v) is 5.36. The minimum absolute atomic E-state index is 0.0194. The second-order valence-electron chi connectivity index (χ2n) is 5.36. The highest BCUT2D eigenvalue weighted by Crippen LogP contribution is 2.40. The van der Waals surface area contributed by atoms with E-state index in [1.165, 1.54) is 0 Å². The van der Waals surface area contributed by atoms with Crippen LogP contribution in [0.5, 0.6) is 5.75 Å². The first kappa shape index (κ1) is 14.6. The third kappa shape index (κ3) is 2.56. The number of aliphatic hydroxyl groups is 1. The van der Waals surface area contributed by atoms with Crippen molar-refractivity contribution in [2.24, 2.45) is 5.92 Å². The van der Waals surface area contributed by atoms with Gasteiger partial charge in [0.25, 0.3) is 0 Å². The van der Waals surface area contributed by atoms with Crippen LogP contribution >= 0.6 is 0 Å². The lowest BCUT2D eigenvalue weighted by Gasteiger charge is -2.29. The van der Waals surface area contributed by atoms with Crippen LogP contribution in [-0.2, 0) is 9.53 Å². The number of hydrogen-bond acceptors (Lipinski definition) is 4. The number of carbonyl (C=O) groups excluding carboxylic acids is 1. The zero-order valence-corrected chi connectivity index (χ0v) is 12.1. The van der Waals surface area contributed by atoms with Crippen LogP contribution in [-0.4, -0.2) is 29.9 Å². The summed E-state index contributed by atoms with van der Waals surface area (Å²) in [5, 5.41) is 10.5. The zero-order valence-electron chi connectivity index (χ0n) is 12.1. The molecule has 4 heteroatoms. The van der Waals surface area contributed by atoms with Crippen LogP contribution < -0.4 is 4.74 Å². The van der Waals surface area contributed by atoms with E-state index >= 15 is 0 Å². The van der Waals surface area contributed by atoms with Gasteiger partial charge in [0.2, 0.25) is 0 Å². The fourth-order valence-electron chi connectivity index (χ4n) is 2.48. The van der Waals surface area contributed by atoms with Gasteiger partial charge < -0.3 is 14.6 Å². The molecule has 1 aliphatic rings. The van der Waals surface area contributed by atoms with E-state index in [9.17, 15) is 9.90 Å². The average molecular weight is 276 g/mol. The van der Waals surface area contributed by atoms with Gasteiger partial charge >= 0.3 is 5.97 Å². The van der Waals surface area contributed by atoms with Crippen molar-refractivity contribution in [1.29, 1.82) is 0 Å².